The molecule has 0 saturated carbocycles. The van der Waals surface area contributed by atoms with Crippen LogP contribution in [0.25, 0.3) is 0 Å². The summed E-state index contributed by atoms with van der Waals surface area (Å²) in [5.41, 5.74) is 8.45. The quantitative estimate of drug-likeness (QED) is 0.501. The summed E-state index contributed by atoms with van der Waals surface area (Å²) in [6.45, 7) is 3.91. The average Bonchev–Trinajstić information content (AvgIpc) is 1.85. The molecule has 0 aliphatic carbocycles. The van der Waals surface area contributed by atoms with E-state index in [1.165, 1.54) is 0 Å². The Balaban J connectivity index is 3.25. The lowest BCUT2D eigenvalue weighted by molar-refractivity contribution is 0.663. The van der Waals surface area contributed by atoms with E-state index in [4.69, 9.17) is 10.3 Å². The zero-order valence-electron chi connectivity index (χ0n) is 6.59. The van der Waals surface area contributed by atoms with Gasteiger partial charge >= 0.3 is 0 Å². The van der Waals surface area contributed by atoms with Gasteiger partial charge in [-0.15, -0.1) is 0 Å². The topological polar surface area (TPSA) is 46.2 Å². The highest BCUT2D eigenvalue weighted by Crippen LogP contribution is 2.27. The Hall–Kier alpha value is -0.670. The van der Waals surface area contributed by atoms with Crippen molar-refractivity contribution in [1.82, 2.24) is 0 Å². The van der Waals surface area contributed by atoms with E-state index in [0.29, 0.717) is 17.7 Å². The maximum absolute atomic E-state index is 8.83. The molecule has 0 amide bonds. The number of aryl methyl sites for hydroxylation is 2. The van der Waals surface area contributed by atoms with Crippen LogP contribution >= 0.6 is 12.0 Å². The summed E-state index contributed by atoms with van der Waals surface area (Å²) in [6, 6.07) is 3.85. The first-order chi connectivity index (χ1) is 5.15. The Morgan fingerprint density at radius 1 is 1.36 bits per heavy atom. The van der Waals surface area contributed by atoms with Crippen molar-refractivity contribution in [2.45, 2.75) is 18.7 Å². The molecule has 11 heavy (non-hydrogen) atoms. The molecule has 0 radical (unpaired) electrons. The molecule has 0 unspecified atom stereocenters. The van der Waals surface area contributed by atoms with Crippen LogP contribution in [0.5, 0.6) is 0 Å². The molecule has 0 saturated heterocycles. The molecule has 0 heterocycles. The van der Waals surface area contributed by atoms with Crippen molar-refractivity contribution in [3.8, 4) is 0 Å². The van der Waals surface area contributed by atoms with Gasteiger partial charge in [-0.2, -0.15) is 0 Å². The molecule has 1 rings (SSSR count). The normalized spacial score (nSPS) is 10.1. The van der Waals surface area contributed by atoms with Crippen LogP contribution < -0.4 is 5.73 Å². The highest BCUT2D eigenvalue weighted by Gasteiger charge is 2.02. The first kappa shape index (κ1) is 8.43. The minimum Gasteiger partial charge on any atom is -0.398 e. The zero-order chi connectivity index (χ0) is 8.43. The smallest absolute Gasteiger partial charge is 0.0609 e. The van der Waals surface area contributed by atoms with Crippen LogP contribution in [-0.2, 0) is 0 Å². The summed E-state index contributed by atoms with van der Waals surface area (Å²) < 4.78 is 8.83. The average molecular weight is 169 g/mol. The van der Waals surface area contributed by atoms with Gasteiger partial charge < -0.3 is 10.3 Å². The van der Waals surface area contributed by atoms with Crippen molar-refractivity contribution in [3.63, 3.8) is 0 Å². The maximum Gasteiger partial charge on any atom is 0.0609 e. The summed E-state index contributed by atoms with van der Waals surface area (Å²) in [5.74, 6) is 0. The summed E-state index contributed by atoms with van der Waals surface area (Å²) in [7, 11) is 0. The van der Waals surface area contributed by atoms with Gasteiger partial charge in [-0.3, -0.25) is 0 Å². The zero-order valence-corrected chi connectivity index (χ0v) is 7.40. The van der Waals surface area contributed by atoms with Gasteiger partial charge in [0.05, 0.1) is 4.90 Å². The predicted molar refractivity (Wildman–Crippen MR) is 48.8 cm³/mol. The Morgan fingerprint density at radius 3 is 2.45 bits per heavy atom. The van der Waals surface area contributed by atoms with Crippen LogP contribution in [0.3, 0.4) is 0 Å². The third-order valence-electron chi connectivity index (χ3n) is 1.54. The third-order valence-corrected chi connectivity index (χ3v) is 2.28. The van der Waals surface area contributed by atoms with Gasteiger partial charge in [0.1, 0.15) is 0 Å². The number of hydrogen-bond donors (Lipinski definition) is 2. The molecule has 0 aromatic heterocycles. The molecule has 0 spiro atoms. The third kappa shape index (κ3) is 1.67. The number of benzene rings is 1. The van der Waals surface area contributed by atoms with E-state index in [9.17, 15) is 0 Å². The fourth-order valence-electron chi connectivity index (χ4n) is 1.11. The molecule has 0 atom stereocenters. The first-order valence-electron chi connectivity index (χ1n) is 3.33. The molecular weight excluding hydrogens is 158 g/mol. The van der Waals surface area contributed by atoms with Crippen LogP contribution in [0.1, 0.15) is 11.1 Å². The molecule has 2 nitrogen and oxygen atoms in total. The van der Waals surface area contributed by atoms with E-state index < -0.39 is 0 Å². The van der Waals surface area contributed by atoms with Gasteiger partial charge in [0.25, 0.3) is 0 Å². The summed E-state index contributed by atoms with van der Waals surface area (Å²) in [6.07, 6.45) is 0. The first-order valence-corrected chi connectivity index (χ1v) is 4.10. The van der Waals surface area contributed by atoms with E-state index in [-0.39, 0.29) is 0 Å². The lowest BCUT2D eigenvalue weighted by Crippen LogP contribution is -1.92. The fraction of sp³-hybridized carbons (Fsp3) is 0.250. The minimum atomic E-state index is 0.648. The lowest BCUT2D eigenvalue weighted by atomic mass is 10.1. The van der Waals surface area contributed by atoms with Gasteiger partial charge in [0, 0.05) is 17.7 Å². The molecule has 0 bridgehead atoms. The Morgan fingerprint density at radius 2 is 2.00 bits per heavy atom. The minimum absolute atomic E-state index is 0.648. The van der Waals surface area contributed by atoms with Gasteiger partial charge in [0.2, 0.25) is 0 Å². The number of rotatable bonds is 1. The molecule has 1 aromatic carbocycles. The van der Waals surface area contributed by atoms with E-state index in [0.717, 1.165) is 16.0 Å². The molecule has 0 aliphatic rings. The lowest BCUT2D eigenvalue weighted by Gasteiger charge is -2.05. The molecule has 3 heteroatoms. The largest absolute Gasteiger partial charge is 0.398 e. The standard InChI is InChI=1S/C8H11NOS/c1-5-3-6(2)8(11-10)7(9)4-5/h3-4,10H,9H2,1-2H3. The van der Waals surface area contributed by atoms with Gasteiger partial charge in [-0.1, -0.05) is 6.07 Å². The summed E-state index contributed by atoms with van der Waals surface area (Å²) >= 11 is 0.706. The SMILES string of the molecule is Cc1cc(C)c(SO)c(N)c1. The van der Waals surface area contributed by atoms with Crippen LogP contribution in [0.2, 0.25) is 0 Å². The Bertz CT molecular complexity index is 250. The van der Waals surface area contributed by atoms with Crippen molar-refractivity contribution in [1.29, 1.82) is 0 Å². The molecule has 60 valence electrons. The second kappa shape index (κ2) is 3.15. The highest BCUT2D eigenvalue weighted by atomic mass is 32.2. The van der Waals surface area contributed by atoms with Crippen molar-refractivity contribution in [3.05, 3.63) is 23.3 Å². The Labute approximate surface area is 70.6 Å². The number of nitrogen functional groups attached to an aromatic ring is 1. The summed E-state index contributed by atoms with van der Waals surface area (Å²) in [4.78, 5) is 0.760. The maximum atomic E-state index is 8.83. The highest BCUT2D eigenvalue weighted by molar-refractivity contribution is 7.94. The second-order valence-corrected chi connectivity index (χ2v) is 3.18. The van der Waals surface area contributed by atoms with Crippen LogP contribution in [0.4, 0.5) is 5.69 Å². The second-order valence-electron chi connectivity index (χ2n) is 2.59. The van der Waals surface area contributed by atoms with Crippen molar-refractivity contribution in [2.75, 3.05) is 5.73 Å². The molecule has 0 aliphatic heterocycles. The van der Waals surface area contributed by atoms with E-state index >= 15 is 0 Å². The fourth-order valence-corrected chi connectivity index (χ4v) is 1.48. The van der Waals surface area contributed by atoms with Crippen molar-refractivity contribution in [2.24, 2.45) is 0 Å². The van der Waals surface area contributed by atoms with Crippen molar-refractivity contribution >= 4 is 17.7 Å². The predicted octanol–water partition coefficient (Wildman–Crippen LogP) is 2.45. The number of hydrogen-bond acceptors (Lipinski definition) is 3. The van der Waals surface area contributed by atoms with Crippen LogP contribution in [0, 0.1) is 13.8 Å². The van der Waals surface area contributed by atoms with E-state index in [1.807, 2.05) is 26.0 Å². The molecule has 3 N–H and O–H groups in total. The molecular formula is C8H11NOS. The van der Waals surface area contributed by atoms with Gasteiger partial charge in [-0.05, 0) is 31.0 Å². The molecule has 1 aromatic rings. The van der Waals surface area contributed by atoms with Crippen molar-refractivity contribution < 1.29 is 4.55 Å². The number of anilines is 1. The molecule has 0 fully saturated rings. The number of nitrogens with two attached hydrogens (primary N) is 1. The van der Waals surface area contributed by atoms with Gasteiger partial charge in [-0.25, -0.2) is 0 Å². The van der Waals surface area contributed by atoms with Crippen LogP contribution in [-0.4, -0.2) is 4.55 Å². The van der Waals surface area contributed by atoms with Gasteiger partial charge in [0.15, 0.2) is 0 Å². The Kier molecular flexibility index (Phi) is 2.42. The summed E-state index contributed by atoms with van der Waals surface area (Å²) in [5, 5.41) is 0. The van der Waals surface area contributed by atoms with E-state index in [2.05, 4.69) is 0 Å². The van der Waals surface area contributed by atoms with E-state index in [1.54, 1.807) is 0 Å². The monoisotopic (exact) mass is 169 g/mol. The van der Waals surface area contributed by atoms with Crippen LogP contribution in [0.15, 0.2) is 17.0 Å².